The number of rotatable bonds is 5. The average molecular weight is 461 g/mol. The highest BCUT2D eigenvalue weighted by Crippen LogP contribution is 2.41. The number of anilines is 2. The van der Waals surface area contributed by atoms with Crippen LogP contribution in [-0.2, 0) is 16.0 Å². The third-order valence-electron chi connectivity index (χ3n) is 5.93. The number of piperazine rings is 1. The Kier molecular flexibility index (Phi) is 6.24. The molecule has 0 atom stereocenters. The summed E-state index contributed by atoms with van der Waals surface area (Å²) in [6, 6.07) is 13.3. The fraction of sp³-hybridized carbons (Fsp3) is 0.308. The molecule has 0 unspecified atom stereocenters. The highest BCUT2D eigenvalue weighted by Gasteiger charge is 2.27. The van der Waals surface area contributed by atoms with Crippen molar-refractivity contribution < 1.29 is 19.5 Å². The molecule has 2 aromatic carbocycles. The van der Waals surface area contributed by atoms with Gasteiger partial charge in [0, 0.05) is 23.7 Å². The van der Waals surface area contributed by atoms with Gasteiger partial charge in [-0.3, -0.25) is 19.5 Å². The van der Waals surface area contributed by atoms with Crippen molar-refractivity contribution >= 4 is 40.2 Å². The summed E-state index contributed by atoms with van der Waals surface area (Å²) in [4.78, 5) is 44.1. The second kappa shape index (κ2) is 9.13. The van der Waals surface area contributed by atoms with E-state index in [9.17, 15) is 19.5 Å². The van der Waals surface area contributed by atoms with E-state index in [1.165, 1.54) is 16.8 Å². The zero-order valence-electron chi connectivity index (χ0n) is 19.8. The van der Waals surface area contributed by atoms with Crippen LogP contribution < -0.4 is 15.1 Å². The summed E-state index contributed by atoms with van der Waals surface area (Å²) in [7, 11) is 1.52. The number of carbonyl (C=O) groups excluding carboxylic acids is 2. The van der Waals surface area contributed by atoms with Gasteiger partial charge in [-0.1, -0.05) is 43.7 Å². The Morgan fingerprint density at radius 3 is 2.53 bits per heavy atom. The van der Waals surface area contributed by atoms with Crippen LogP contribution in [0.3, 0.4) is 0 Å². The van der Waals surface area contributed by atoms with Crippen molar-refractivity contribution in [1.82, 2.24) is 10.3 Å². The maximum atomic E-state index is 12.5. The molecule has 1 aromatic heterocycles. The summed E-state index contributed by atoms with van der Waals surface area (Å²) < 4.78 is 0. The van der Waals surface area contributed by atoms with Crippen molar-refractivity contribution in [2.24, 2.45) is 5.92 Å². The Morgan fingerprint density at radius 2 is 1.88 bits per heavy atom. The number of nitrogens with zero attached hydrogens (tertiary/aromatic N) is 3. The number of aromatic nitrogens is 1. The Hall–Kier alpha value is -3.94. The molecule has 2 N–H and O–H groups in total. The van der Waals surface area contributed by atoms with Gasteiger partial charge >= 0.3 is 6.09 Å². The maximum absolute atomic E-state index is 12.5. The summed E-state index contributed by atoms with van der Waals surface area (Å²) in [5, 5.41) is 13.2. The lowest BCUT2D eigenvalue weighted by Gasteiger charge is -2.28. The summed E-state index contributed by atoms with van der Waals surface area (Å²) in [5.41, 5.74) is 5.17. The van der Waals surface area contributed by atoms with E-state index >= 15 is 0 Å². The fourth-order valence-electron chi connectivity index (χ4n) is 4.25. The quantitative estimate of drug-likeness (QED) is 0.599. The van der Waals surface area contributed by atoms with Gasteiger partial charge in [0.15, 0.2) is 0 Å². The predicted octanol–water partition coefficient (Wildman–Crippen LogP) is 3.99. The number of pyridine rings is 1. The number of carbonyl (C=O) groups is 3. The molecule has 2 heterocycles. The lowest BCUT2D eigenvalue weighted by atomic mass is 9.93. The van der Waals surface area contributed by atoms with E-state index in [0.29, 0.717) is 29.0 Å². The summed E-state index contributed by atoms with van der Waals surface area (Å²) in [6.45, 7) is 6.01. The highest BCUT2D eigenvalue weighted by atomic mass is 16.4. The predicted molar refractivity (Wildman–Crippen MR) is 132 cm³/mol. The van der Waals surface area contributed by atoms with E-state index in [1.807, 2.05) is 43.3 Å². The first-order chi connectivity index (χ1) is 16.2. The van der Waals surface area contributed by atoms with Crippen LogP contribution in [0, 0.1) is 12.8 Å². The van der Waals surface area contributed by atoms with Crippen molar-refractivity contribution in [1.29, 1.82) is 0 Å². The molecule has 3 aromatic rings. The minimum absolute atomic E-state index is 0.0553. The van der Waals surface area contributed by atoms with Crippen LogP contribution in [0.15, 0.2) is 42.5 Å². The molecule has 4 rings (SSSR count). The number of benzene rings is 2. The summed E-state index contributed by atoms with van der Waals surface area (Å²) >= 11 is 0. The number of hydrogen-bond acceptors (Lipinski definition) is 4. The van der Waals surface area contributed by atoms with Crippen LogP contribution in [0.25, 0.3) is 22.0 Å². The lowest BCUT2D eigenvalue weighted by molar-refractivity contribution is -0.128. The van der Waals surface area contributed by atoms with E-state index in [0.717, 1.165) is 22.1 Å². The standard InChI is InChI=1S/C26H28N4O4/c1-15(2)11-21-25(29(4)26(33)34)24(17-7-5-16(3)6-8-17)19-12-18(9-10-20(19)28-21)30-14-22(31)27-13-23(30)32/h5-10,12,15H,11,13-14H2,1-4H3,(H,27,31)(H,33,34). The molecule has 8 heteroatoms. The first kappa shape index (κ1) is 23.2. The van der Waals surface area contributed by atoms with E-state index in [-0.39, 0.29) is 30.8 Å². The lowest BCUT2D eigenvalue weighted by Crippen LogP contribution is -2.51. The molecule has 1 aliphatic heterocycles. The number of fused-ring (bicyclic) bond motifs is 1. The second-order valence-corrected chi connectivity index (χ2v) is 9.05. The molecule has 8 nitrogen and oxygen atoms in total. The van der Waals surface area contributed by atoms with Crippen molar-refractivity contribution in [2.45, 2.75) is 27.2 Å². The third kappa shape index (κ3) is 4.44. The maximum Gasteiger partial charge on any atom is 0.411 e. The van der Waals surface area contributed by atoms with E-state index in [1.54, 1.807) is 6.07 Å². The first-order valence-corrected chi connectivity index (χ1v) is 11.2. The van der Waals surface area contributed by atoms with Gasteiger partial charge in [-0.15, -0.1) is 0 Å². The van der Waals surface area contributed by atoms with Crippen LogP contribution in [0.5, 0.6) is 0 Å². The minimum atomic E-state index is -1.08. The number of carboxylic acid groups (broad SMARTS) is 1. The zero-order valence-corrected chi connectivity index (χ0v) is 19.8. The fourth-order valence-corrected chi connectivity index (χ4v) is 4.25. The Bertz CT molecular complexity index is 1280. The van der Waals surface area contributed by atoms with Crippen LogP contribution in [-0.4, -0.2) is 48.1 Å². The molecule has 0 radical (unpaired) electrons. The molecule has 1 saturated heterocycles. The second-order valence-electron chi connectivity index (χ2n) is 9.05. The normalized spacial score (nSPS) is 14.0. The van der Waals surface area contributed by atoms with Gasteiger partial charge in [-0.2, -0.15) is 0 Å². The zero-order chi connectivity index (χ0) is 24.6. The summed E-state index contributed by atoms with van der Waals surface area (Å²) in [6.07, 6.45) is -0.479. The molecule has 0 aliphatic carbocycles. The molecule has 0 spiro atoms. The molecular weight excluding hydrogens is 432 g/mol. The Balaban J connectivity index is 2.04. The van der Waals surface area contributed by atoms with Crippen LogP contribution >= 0.6 is 0 Å². The number of hydrogen-bond donors (Lipinski definition) is 2. The van der Waals surface area contributed by atoms with Gasteiger partial charge in [0.2, 0.25) is 11.8 Å². The van der Waals surface area contributed by atoms with Crippen molar-refractivity contribution in [3.8, 4) is 11.1 Å². The van der Waals surface area contributed by atoms with Gasteiger partial charge in [0.1, 0.15) is 6.54 Å². The van der Waals surface area contributed by atoms with Crippen molar-refractivity contribution in [3.05, 3.63) is 53.7 Å². The Morgan fingerprint density at radius 1 is 1.18 bits per heavy atom. The molecule has 1 aliphatic rings. The third-order valence-corrected chi connectivity index (χ3v) is 5.93. The minimum Gasteiger partial charge on any atom is -0.465 e. The average Bonchev–Trinajstić information content (AvgIpc) is 2.79. The van der Waals surface area contributed by atoms with E-state index < -0.39 is 6.09 Å². The molecule has 0 bridgehead atoms. The summed E-state index contributed by atoms with van der Waals surface area (Å²) in [5.74, 6) is -0.168. The monoisotopic (exact) mass is 460 g/mol. The van der Waals surface area contributed by atoms with Crippen molar-refractivity contribution in [3.63, 3.8) is 0 Å². The number of amides is 3. The molecular formula is C26H28N4O4. The largest absolute Gasteiger partial charge is 0.465 e. The molecule has 3 amide bonds. The molecule has 1 fully saturated rings. The van der Waals surface area contributed by atoms with Gasteiger partial charge in [-0.05, 0) is 43.0 Å². The molecule has 0 saturated carbocycles. The highest BCUT2D eigenvalue weighted by molar-refractivity contribution is 6.09. The van der Waals surface area contributed by atoms with E-state index in [4.69, 9.17) is 4.98 Å². The topological polar surface area (TPSA) is 103 Å². The van der Waals surface area contributed by atoms with Crippen LogP contribution in [0.2, 0.25) is 0 Å². The van der Waals surface area contributed by atoms with Crippen LogP contribution in [0.4, 0.5) is 16.2 Å². The molecule has 34 heavy (non-hydrogen) atoms. The van der Waals surface area contributed by atoms with E-state index in [2.05, 4.69) is 19.2 Å². The first-order valence-electron chi connectivity index (χ1n) is 11.2. The van der Waals surface area contributed by atoms with Crippen molar-refractivity contribution in [2.75, 3.05) is 29.9 Å². The van der Waals surface area contributed by atoms with Gasteiger partial charge in [-0.25, -0.2) is 4.79 Å². The smallest absolute Gasteiger partial charge is 0.411 e. The van der Waals surface area contributed by atoms with Gasteiger partial charge in [0.25, 0.3) is 0 Å². The van der Waals surface area contributed by atoms with Gasteiger partial charge < -0.3 is 15.3 Å². The molecule has 176 valence electrons. The van der Waals surface area contributed by atoms with Crippen LogP contribution in [0.1, 0.15) is 25.1 Å². The Labute approximate surface area is 198 Å². The number of nitrogens with one attached hydrogen (secondary N) is 1. The number of aryl methyl sites for hydroxylation is 1. The van der Waals surface area contributed by atoms with Gasteiger partial charge in [0.05, 0.1) is 23.4 Å². The SMILES string of the molecule is Cc1ccc(-c2c(N(C)C(=O)O)c(CC(C)C)nc3ccc(N4CC(=O)NCC4=O)cc23)cc1.